The maximum atomic E-state index is 13.1. The fourth-order valence-electron chi connectivity index (χ4n) is 3.58. The van der Waals surface area contributed by atoms with Crippen LogP contribution < -0.4 is 4.74 Å². The highest BCUT2D eigenvalue weighted by Crippen LogP contribution is 2.28. The normalized spacial score (nSPS) is 15.0. The van der Waals surface area contributed by atoms with E-state index in [4.69, 9.17) is 12.2 Å². The van der Waals surface area contributed by atoms with Crippen molar-refractivity contribution in [2.45, 2.75) is 45.5 Å². The Kier molecular flexibility index (Phi) is 6.95. The summed E-state index contributed by atoms with van der Waals surface area (Å²) in [5.41, 5.74) is 3.15. The van der Waals surface area contributed by atoms with Gasteiger partial charge in [-0.05, 0) is 63.9 Å². The number of carbonyl (C=O) groups excluding carboxylic acids is 1. The third-order valence-electron chi connectivity index (χ3n) is 5.03. The second-order valence-electron chi connectivity index (χ2n) is 7.08. The largest absolute Gasteiger partial charge is 0.435 e. The summed E-state index contributed by atoms with van der Waals surface area (Å²) in [5.74, 6) is 0.136. The van der Waals surface area contributed by atoms with Gasteiger partial charge in [-0.15, -0.1) is 0 Å². The standard InChI is InChI=1S/C21H24F2N2O2S2/c1-13-12-18(19(26)15(3)29-21(28)24-10-4-5-11-24)14(2)25(13)16-6-8-17(9-7-16)27-20(22)23/h6-9,12,15,20H,4-5,10-11H2,1-3H3. The summed E-state index contributed by atoms with van der Waals surface area (Å²) in [6.45, 7) is 4.77. The minimum Gasteiger partial charge on any atom is -0.435 e. The van der Waals surface area contributed by atoms with Crippen molar-refractivity contribution in [3.8, 4) is 11.4 Å². The van der Waals surface area contributed by atoms with Crippen molar-refractivity contribution in [3.63, 3.8) is 0 Å². The van der Waals surface area contributed by atoms with Crippen molar-refractivity contribution in [3.05, 3.63) is 47.3 Å². The number of rotatable bonds is 6. The van der Waals surface area contributed by atoms with Crippen molar-refractivity contribution in [2.24, 2.45) is 0 Å². The number of ether oxygens (including phenoxy) is 1. The molecule has 2 aromatic rings. The number of benzene rings is 1. The molecule has 2 heterocycles. The second-order valence-corrected chi connectivity index (χ2v) is 9.05. The summed E-state index contributed by atoms with van der Waals surface area (Å²) in [5, 5.41) is -0.279. The highest BCUT2D eigenvalue weighted by Gasteiger charge is 2.25. The van der Waals surface area contributed by atoms with Gasteiger partial charge in [0, 0.05) is 35.7 Å². The Morgan fingerprint density at radius 2 is 1.79 bits per heavy atom. The molecule has 0 aliphatic carbocycles. The Hall–Kier alpha value is -1.93. The van der Waals surface area contributed by atoms with Crippen molar-refractivity contribution >= 4 is 34.1 Å². The number of carbonyl (C=O) groups is 1. The van der Waals surface area contributed by atoms with Gasteiger partial charge >= 0.3 is 6.61 Å². The van der Waals surface area contributed by atoms with E-state index in [1.54, 1.807) is 12.1 Å². The summed E-state index contributed by atoms with van der Waals surface area (Å²) in [6.07, 6.45) is 2.29. The third kappa shape index (κ3) is 4.98. The number of hydrogen-bond donors (Lipinski definition) is 0. The predicted molar refractivity (Wildman–Crippen MR) is 117 cm³/mol. The van der Waals surface area contributed by atoms with Crippen LogP contribution in [0.5, 0.6) is 5.75 Å². The zero-order chi connectivity index (χ0) is 21.1. The summed E-state index contributed by atoms with van der Waals surface area (Å²) < 4.78 is 31.8. The molecule has 1 aliphatic rings. The molecule has 3 rings (SSSR count). The highest BCUT2D eigenvalue weighted by atomic mass is 32.2. The summed E-state index contributed by atoms with van der Waals surface area (Å²) in [4.78, 5) is 15.2. The van der Waals surface area contributed by atoms with Crippen molar-refractivity contribution in [1.29, 1.82) is 0 Å². The molecule has 0 amide bonds. The molecular formula is C21H24F2N2O2S2. The zero-order valence-electron chi connectivity index (χ0n) is 16.7. The van der Waals surface area contributed by atoms with Gasteiger partial charge in [0.15, 0.2) is 5.78 Å². The fourth-order valence-corrected chi connectivity index (χ4v) is 5.07. The Bertz CT molecular complexity index is 891. The molecule has 1 aromatic heterocycles. The molecule has 1 aliphatic heterocycles. The lowest BCUT2D eigenvalue weighted by Crippen LogP contribution is -2.27. The molecule has 0 bridgehead atoms. The summed E-state index contributed by atoms with van der Waals surface area (Å²) in [7, 11) is 0. The van der Waals surface area contributed by atoms with Crippen molar-refractivity contribution in [1.82, 2.24) is 9.47 Å². The van der Waals surface area contributed by atoms with Crippen LogP contribution in [-0.2, 0) is 0 Å². The Balaban J connectivity index is 1.77. The maximum absolute atomic E-state index is 13.1. The molecule has 1 fully saturated rings. The van der Waals surface area contributed by atoms with Crippen LogP contribution in [0.15, 0.2) is 30.3 Å². The van der Waals surface area contributed by atoms with Crippen LogP contribution in [0.3, 0.4) is 0 Å². The number of nitrogens with zero attached hydrogens (tertiary/aromatic N) is 2. The first kappa shape index (κ1) is 21.8. The summed E-state index contributed by atoms with van der Waals surface area (Å²) in [6, 6.07) is 8.26. The molecule has 1 saturated heterocycles. The van der Waals surface area contributed by atoms with E-state index < -0.39 is 6.61 Å². The van der Waals surface area contributed by atoms with E-state index in [2.05, 4.69) is 9.64 Å². The van der Waals surface area contributed by atoms with Crippen LogP contribution >= 0.6 is 24.0 Å². The number of aryl methyl sites for hydroxylation is 1. The van der Waals surface area contributed by atoms with E-state index in [9.17, 15) is 13.6 Å². The van der Waals surface area contributed by atoms with Crippen LogP contribution in [0.1, 0.15) is 41.5 Å². The number of likely N-dealkylation sites (tertiary alicyclic amines) is 1. The average molecular weight is 439 g/mol. The van der Waals surface area contributed by atoms with Crippen molar-refractivity contribution < 1.29 is 18.3 Å². The second kappa shape index (κ2) is 9.26. The highest BCUT2D eigenvalue weighted by molar-refractivity contribution is 8.23. The molecular weight excluding hydrogens is 414 g/mol. The monoisotopic (exact) mass is 438 g/mol. The maximum Gasteiger partial charge on any atom is 0.387 e. The van der Waals surface area contributed by atoms with E-state index in [0.717, 1.165) is 47.3 Å². The van der Waals surface area contributed by atoms with Gasteiger partial charge in [0.2, 0.25) is 0 Å². The lowest BCUT2D eigenvalue weighted by Gasteiger charge is -2.20. The number of halogens is 2. The molecule has 0 spiro atoms. The topological polar surface area (TPSA) is 34.5 Å². The van der Waals surface area contributed by atoms with Crippen LogP contribution in [0.4, 0.5) is 8.78 Å². The van der Waals surface area contributed by atoms with E-state index in [1.807, 2.05) is 31.4 Å². The van der Waals surface area contributed by atoms with Gasteiger partial charge in [-0.25, -0.2) is 0 Å². The minimum atomic E-state index is -2.86. The molecule has 29 heavy (non-hydrogen) atoms. The molecule has 8 heteroatoms. The van der Waals surface area contributed by atoms with Gasteiger partial charge in [-0.3, -0.25) is 4.79 Å². The molecule has 0 saturated carbocycles. The number of Topliss-reactive ketones (excluding diaryl/α,β-unsaturated/α-hetero) is 1. The minimum absolute atomic E-state index is 0.0357. The molecule has 1 aromatic carbocycles. The Labute approximate surface area is 179 Å². The van der Waals surface area contributed by atoms with E-state index in [0.29, 0.717) is 5.56 Å². The van der Waals surface area contributed by atoms with Crippen LogP contribution in [-0.4, -0.2) is 44.5 Å². The zero-order valence-corrected chi connectivity index (χ0v) is 18.3. The number of aromatic nitrogens is 1. The molecule has 156 valence electrons. The number of thioether (sulfide) groups is 1. The first-order chi connectivity index (χ1) is 13.8. The van der Waals surface area contributed by atoms with E-state index in [-0.39, 0.29) is 16.8 Å². The van der Waals surface area contributed by atoms with Crippen LogP contribution in [0.2, 0.25) is 0 Å². The van der Waals surface area contributed by atoms with Crippen LogP contribution in [0, 0.1) is 13.8 Å². The van der Waals surface area contributed by atoms with Gasteiger partial charge < -0.3 is 14.2 Å². The first-order valence-corrected chi connectivity index (χ1v) is 10.8. The number of alkyl halides is 2. The molecule has 0 radical (unpaired) electrons. The number of hydrogen-bond acceptors (Lipinski definition) is 4. The molecule has 4 nitrogen and oxygen atoms in total. The van der Waals surface area contributed by atoms with Gasteiger partial charge in [-0.1, -0.05) is 24.0 Å². The van der Waals surface area contributed by atoms with Crippen molar-refractivity contribution in [2.75, 3.05) is 13.1 Å². The quantitative estimate of drug-likeness (QED) is 0.447. The Morgan fingerprint density at radius 1 is 1.17 bits per heavy atom. The van der Waals surface area contributed by atoms with Gasteiger partial charge in [-0.2, -0.15) is 8.78 Å². The van der Waals surface area contributed by atoms with Gasteiger partial charge in [0.05, 0.1) is 5.25 Å². The Morgan fingerprint density at radius 3 is 2.38 bits per heavy atom. The third-order valence-corrected chi connectivity index (χ3v) is 6.60. The lowest BCUT2D eigenvalue weighted by atomic mass is 10.1. The first-order valence-electron chi connectivity index (χ1n) is 9.52. The van der Waals surface area contributed by atoms with E-state index in [1.165, 1.54) is 23.9 Å². The van der Waals surface area contributed by atoms with Gasteiger partial charge in [0.1, 0.15) is 10.1 Å². The smallest absolute Gasteiger partial charge is 0.387 e. The summed E-state index contributed by atoms with van der Waals surface area (Å²) >= 11 is 6.95. The van der Waals surface area contributed by atoms with Gasteiger partial charge in [0.25, 0.3) is 0 Å². The van der Waals surface area contributed by atoms with E-state index >= 15 is 0 Å². The lowest BCUT2D eigenvalue weighted by molar-refractivity contribution is -0.0498. The fraction of sp³-hybridized carbons (Fsp3) is 0.429. The average Bonchev–Trinajstić information content (AvgIpc) is 3.30. The molecule has 1 atom stereocenters. The molecule has 1 unspecified atom stereocenters. The predicted octanol–water partition coefficient (Wildman–Crippen LogP) is 5.38. The SMILES string of the molecule is Cc1cc(C(=O)C(C)SC(=S)N2CCCC2)c(C)n1-c1ccc(OC(F)F)cc1. The number of ketones is 1. The number of thiocarbonyl (C=S) groups is 1. The van der Waals surface area contributed by atoms with Crippen LogP contribution in [0.25, 0.3) is 5.69 Å². The molecule has 0 N–H and O–H groups in total.